The van der Waals surface area contributed by atoms with Gasteiger partial charge in [-0.3, -0.25) is 0 Å². The van der Waals surface area contributed by atoms with Crippen LogP contribution in [0.2, 0.25) is 0 Å². The summed E-state index contributed by atoms with van der Waals surface area (Å²) in [7, 11) is 1.90. The molecule has 3 rings (SSSR count). The summed E-state index contributed by atoms with van der Waals surface area (Å²) in [6, 6.07) is 0. The number of aromatic nitrogens is 6. The number of anilines is 2. The molecule has 3 aromatic rings. The standard InChI is InChI=1S/C12H15N7OS/c1-18-6-9(13-7-18)15-10-8-5-14-19(3-4-20)11(8)17-12(16-10)21-2/h5-7,20H,3-4H2,1-2H3,(H,15,16,17). The van der Waals surface area contributed by atoms with Gasteiger partial charge in [-0.25, -0.2) is 19.6 Å². The highest BCUT2D eigenvalue weighted by Crippen LogP contribution is 2.25. The van der Waals surface area contributed by atoms with Crippen LogP contribution < -0.4 is 5.32 Å². The van der Waals surface area contributed by atoms with Gasteiger partial charge >= 0.3 is 0 Å². The Balaban J connectivity index is 2.07. The van der Waals surface area contributed by atoms with Crippen molar-refractivity contribution < 1.29 is 5.11 Å². The normalized spacial score (nSPS) is 11.2. The first-order valence-corrected chi connectivity index (χ1v) is 7.57. The number of rotatable bonds is 5. The molecular formula is C12H15N7OS. The summed E-state index contributed by atoms with van der Waals surface area (Å²) in [6.45, 7) is 0.412. The molecule has 0 saturated heterocycles. The molecule has 0 aromatic carbocycles. The van der Waals surface area contributed by atoms with Gasteiger partial charge in [0.05, 0.1) is 31.1 Å². The van der Waals surface area contributed by atoms with Crippen LogP contribution in [0.3, 0.4) is 0 Å². The SMILES string of the molecule is CSc1nc(Nc2cn(C)cn2)c2cnn(CCO)c2n1. The molecule has 110 valence electrons. The number of aryl methyl sites for hydroxylation is 1. The van der Waals surface area contributed by atoms with Crippen LogP contribution in [0.4, 0.5) is 11.6 Å². The molecule has 3 aromatic heterocycles. The fourth-order valence-electron chi connectivity index (χ4n) is 1.98. The smallest absolute Gasteiger partial charge is 0.191 e. The maximum atomic E-state index is 9.09. The molecule has 9 heteroatoms. The van der Waals surface area contributed by atoms with Gasteiger partial charge in [-0.2, -0.15) is 5.10 Å². The van der Waals surface area contributed by atoms with Crippen molar-refractivity contribution in [3.63, 3.8) is 0 Å². The summed E-state index contributed by atoms with van der Waals surface area (Å²) in [5, 5.41) is 18.0. The molecule has 0 atom stereocenters. The van der Waals surface area contributed by atoms with Gasteiger partial charge in [0, 0.05) is 13.2 Å². The van der Waals surface area contributed by atoms with Crippen molar-refractivity contribution in [1.29, 1.82) is 0 Å². The van der Waals surface area contributed by atoms with Crippen molar-refractivity contribution >= 4 is 34.4 Å². The predicted octanol–water partition coefficient (Wildman–Crippen LogP) is 1.02. The van der Waals surface area contributed by atoms with Crippen LogP contribution in [0.25, 0.3) is 11.0 Å². The Morgan fingerprint density at radius 1 is 1.38 bits per heavy atom. The van der Waals surface area contributed by atoms with Gasteiger partial charge in [-0.05, 0) is 6.26 Å². The van der Waals surface area contributed by atoms with E-state index < -0.39 is 0 Å². The molecule has 0 aliphatic rings. The molecule has 0 radical (unpaired) electrons. The molecule has 8 nitrogen and oxygen atoms in total. The van der Waals surface area contributed by atoms with Crippen molar-refractivity contribution in [2.75, 3.05) is 18.2 Å². The average Bonchev–Trinajstić information content (AvgIpc) is 3.06. The number of aliphatic hydroxyl groups excluding tert-OH is 1. The number of imidazole rings is 1. The maximum absolute atomic E-state index is 9.09. The summed E-state index contributed by atoms with van der Waals surface area (Å²) >= 11 is 1.45. The highest BCUT2D eigenvalue weighted by Gasteiger charge is 2.13. The molecule has 0 saturated carbocycles. The summed E-state index contributed by atoms with van der Waals surface area (Å²) in [4.78, 5) is 13.2. The summed E-state index contributed by atoms with van der Waals surface area (Å²) in [5.74, 6) is 1.37. The fourth-order valence-corrected chi connectivity index (χ4v) is 2.34. The third-order valence-corrected chi connectivity index (χ3v) is 3.47. The van der Waals surface area contributed by atoms with Crippen LogP contribution in [-0.2, 0) is 13.6 Å². The second-order valence-corrected chi connectivity index (χ2v) is 5.21. The van der Waals surface area contributed by atoms with Crippen LogP contribution in [0, 0.1) is 0 Å². The Bertz CT molecular complexity index is 766. The van der Waals surface area contributed by atoms with Crippen molar-refractivity contribution in [3.05, 3.63) is 18.7 Å². The number of nitrogens with one attached hydrogen (secondary N) is 1. The third-order valence-electron chi connectivity index (χ3n) is 2.92. The van der Waals surface area contributed by atoms with Gasteiger partial charge < -0.3 is 15.0 Å². The summed E-state index contributed by atoms with van der Waals surface area (Å²) in [6.07, 6.45) is 7.19. The molecule has 0 aliphatic heterocycles. The Labute approximate surface area is 125 Å². The third kappa shape index (κ3) is 2.69. The van der Waals surface area contributed by atoms with E-state index in [2.05, 4.69) is 25.4 Å². The number of nitrogens with zero attached hydrogens (tertiary/aromatic N) is 6. The quantitative estimate of drug-likeness (QED) is 0.537. The lowest BCUT2D eigenvalue weighted by atomic mass is 10.4. The van der Waals surface area contributed by atoms with Crippen LogP contribution >= 0.6 is 11.8 Å². The van der Waals surface area contributed by atoms with Gasteiger partial charge in [0.1, 0.15) is 11.6 Å². The van der Waals surface area contributed by atoms with E-state index in [4.69, 9.17) is 5.11 Å². The van der Waals surface area contributed by atoms with Crippen LogP contribution in [0.15, 0.2) is 23.9 Å². The zero-order valence-electron chi connectivity index (χ0n) is 11.7. The molecule has 0 aliphatic carbocycles. The van der Waals surface area contributed by atoms with Crippen LogP contribution in [0.1, 0.15) is 0 Å². The number of hydrogen-bond donors (Lipinski definition) is 2. The molecule has 0 bridgehead atoms. The highest BCUT2D eigenvalue weighted by atomic mass is 32.2. The minimum absolute atomic E-state index is 0.0123. The molecule has 2 N–H and O–H groups in total. The molecule has 0 unspecified atom stereocenters. The van der Waals surface area contributed by atoms with Crippen molar-refractivity contribution in [3.8, 4) is 0 Å². The Kier molecular flexibility index (Phi) is 3.76. The van der Waals surface area contributed by atoms with E-state index in [1.165, 1.54) is 11.8 Å². The molecular weight excluding hydrogens is 290 g/mol. The zero-order chi connectivity index (χ0) is 14.8. The highest BCUT2D eigenvalue weighted by molar-refractivity contribution is 7.98. The molecule has 0 amide bonds. The number of fused-ring (bicyclic) bond motifs is 1. The van der Waals surface area contributed by atoms with Crippen molar-refractivity contribution in [2.45, 2.75) is 11.7 Å². The van der Waals surface area contributed by atoms with E-state index in [0.29, 0.717) is 29.0 Å². The van der Waals surface area contributed by atoms with Gasteiger partial charge in [0.15, 0.2) is 10.8 Å². The molecule has 3 heterocycles. The number of thioether (sulfide) groups is 1. The van der Waals surface area contributed by atoms with Crippen molar-refractivity contribution in [1.82, 2.24) is 29.3 Å². The monoisotopic (exact) mass is 305 g/mol. The minimum Gasteiger partial charge on any atom is -0.394 e. The van der Waals surface area contributed by atoms with Crippen LogP contribution in [0.5, 0.6) is 0 Å². The molecule has 0 fully saturated rings. The lowest BCUT2D eigenvalue weighted by Crippen LogP contribution is -2.06. The van der Waals surface area contributed by atoms with E-state index in [9.17, 15) is 0 Å². The second-order valence-electron chi connectivity index (χ2n) is 4.44. The Hall–Kier alpha value is -2.13. The molecule has 0 spiro atoms. The lowest BCUT2D eigenvalue weighted by molar-refractivity contribution is 0.271. The van der Waals surface area contributed by atoms with Gasteiger partial charge in [0.25, 0.3) is 0 Å². The number of hydrogen-bond acceptors (Lipinski definition) is 7. The van der Waals surface area contributed by atoms with Crippen molar-refractivity contribution in [2.24, 2.45) is 7.05 Å². The average molecular weight is 305 g/mol. The first kappa shape index (κ1) is 13.8. The topological polar surface area (TPSA) is 93.7 Å². The first-order chi connectivity index (χ1) is 10.2. The second kappa shape index (κ2) is 5.70. The fraction of sp³-hybridized carbons (Fsp3) is 0.333. The Morgan fingerprint density at radius 3 is 2.90 bits per heavy atom. The first-order valence-electron chi connectivity index (χ1n) is 6.34. The van der Waals surface area contributed by atoms with Gasteiger partial charge in [-0.1, -0.05) is 11.8 Å². The zero-order valence-corrected chi connectivity index (χ0v) is 12.5. The maximum Gasteiger partial charge on any atom is 0.191 e. The molecule has 21 heavy (non-hydrogen) atoms. The van der Waals surface area contributed by atoms with E-state index in [1.54, 1.807) is 17.2 Å². The van der Waals surface area contributed by atoms with E-state index in [-0.39, 0.29) is 6.61 Å². The lowest BCUT2D eigenvalue weighted by Gasteiger charge is -2.06. The number of aliphatic hydroxyl groups is 1. The van der Waals surface area contributed by atoms with Crippen LogP contribution in [-0.4, -0.2) is 47.3 Å². The summed E-state index contributed by atoms with van der Waals surface area (Å²) in [5.41, 5.74) is 0.696. The summed E-state index contributed by atoms with van der Waals surface area (Å²) < 4.78 is 3.52. The van der Waals surface area contributed by atoms with E-state index in [0.717, 1.165) is 5.39 Å². The minimum atomic E-state index is 0.0123. The Morgan fingerprint density at radius 2 is 2.24 bits per heavy atom. The van der Waals surface area contributed by atoms with E-state index in [1.807, 2.05) is 24.1 Å². The van der Waals surface area contributed by atoms with Gasteiger partial charge in [-0.15, -0.1) is 0 Å². The van der Waals surface area contributed by atoms with Gasteiger partial charge in [0.2, 0.25) is 0 Å². The predicted molar refractivity (Wildman–Crippen MR) is 80.7 cm³/mol. The van der Waals surface area contributed by atoms with E-state index >= 15 is 0 Å². The largest absolute Gasteiger partial charge is 0.394 e.